The molecule has 0 fully saturated rings. The maximum atomic E-state index is 11.1. The van der Waals surface area contributed by atoms with Crippen LogP contribution in [0.25, 0.3) is 0 Å². The molecule has 0 aliphatic heterocycles. The van der Waals surface area contributed by atoms with Gasteiger partial charge in [0.2, 0.25) is 0 Å². The average Bonchev–Trinajstić information content (AvgIpc) is 2.17. The molecule has 0 aromatic heterocycles. The second-order valence-corrected chi connectivity index (χ2v) is 3.05. The van der Waals surface area contributed by atoms with E-state index in [-0.39, 0.29) is 6.42 Å². The summed E-state index contributed by atoms with van der Waals surface area (Å²) in [6, 6.07) is -0.762. The first-order chi connectivity index (χ1) is 6.94. The largest absolute Gasteiger partial charge is 0.481 e. The van der Waals surface area contributed by atoms with E-state index in [1.807, 2.05) is 0 Å². The summed E-state index contributed by atoms with van der Waals surface area (Å²) < 4.78 is 0. The molecule has 7 heteroatoms. The Morgan fingerprint density at radius 2 is 1.67 bits per heavy atom. The van der Waals surface area contributed by atoms with Gasteiger partial charge in [-0.15, -0.1) is 0 Å². The maximum absolute atomic E-state index is 11.1. The number of likely N-dealkylation sites (N-methyl/N-ethyl adjacent to an activating group) is 3. The van der Waals surface area contributed by atoms with Crippen LogP contribution in [0.5, 0.6) is 0 Å². The molecule has 0 aromatic rings. The summed E-state index contributed by atoms with van der Waals surface area (Å²) in [5.41, 5.74) is -1.49. The van der Waals surface area contributed by atoms with Crippen LogP contribution in [0.3, 0.4) is 0 Å². The molecular weight excluding hydrogens is 202 g/mol. The second kappa shape index (κ2) is 5.64. The minimum atomic E-state index is -1.49. The first-order valence-electron chi connectivity index (χ1n) is 4.44. The van der Waals surface area contributed by atoms with Gasteiger partial charge in [0, 0.05) is 0 Å². The zero-order valence-electron chi connectivity index (χ0n) is 9.00. The fourth-order valence-electron chi connectivity index (χ4n) is 1.48. The zero-order chi connectivity index (χ0) is 12.1. The third-order valence-electron chi connectivity index (χ3n) is 2.38. The van der Waals surface area contributed by atoms with Crippen molar-refractivity contribution in [3.8, 4) is 0 Å². The first-order valence-corrected chi connectivity index (χ1v) is 4.44. The van der Waals surface area contributed by atoms with E-state index in [0.29, 0.717) is 0 Å². The SMILES string of the molecule is CNC(CC(=O)O)C(NC)(NC)C(=O)O. The average molecular weight is 219 g/mol. The van der Waals surface area contributed by atoms with Crippen molar-refractivity contribution < 1.29 is 19.8 Å². The van der Waals surface area contributed by atoms with Crippen LogP contribution in [0.15, 0.2) is 0 Å². The standard InChI is InChI=1S/C8H17N3O4/c1-9-5(4-6(12)13)8(10-2,11-3)7(14)15/h5,9-11H,4H2,1-3H3,(H,12,13)(H,14,15). The van der Waals surface area contributed by atoms with Crippen LogP contribution < -0.4 is 16.0 Å². The van der Waals surface area contributed by atoms with E-state index >= 15 is 0 Å². The van der Waals surface area contributed by atoms with Crippen LogP contribution in [0, 0.1) is 0 Å². The van der Waals surface area contributed by atoms with Gasteiger partial charge in [-0.25, -0.2) is 4.79 Å². The van der Waals surface area contributed by atoms with Crippen molar-refractivity contribution in [2.45, 2.75) is 18.1 Å². The predicted molar refractivity (Wildman–Crippen MR) is 53.6 cm³/mol. The molecular formula is C8H17N3O4. The Balaban J connectivity index is 4.99. The molecule has 0 aromatic carbocycles. The fourth-order valence-corrected chi connectivity index (χ4v) is 1.48. The summed E-state index contributed by atoms with van der Waals surface area (Å²) in [5.74, 6) is -2.22. The summed E-state index contributed by atoms with van der Waals surface area (Å²) in [4.78, 5) is 21.7. The van der Waals surface area contributed by atoms with E-state index in [0.717, 1.165) is 0 Å². The molecule has 0 saturated heterocycles. The van der Waals surface area contributed by atoms with Crippen molar-refractivity contribution >= 4 is 11.9 Å². The first kappa shape index (κ1) is 13.8. The number of nitrogens with one attached hydrogen (secondary N) is 3. The highest BCUT2D eigenvalue weighted by Crippen LogP contribution is 2.10. The lowest BCUT2D eigenvalue weighted by molar-refractivity contribution is -0.149. The highest BCUT2D eigenvalue weighted by atomic mass is 16.4. The second-order valence-electron chi connectivity index (χ2n) is 3.05. The minimum Gasteiger partial charge on any atom is -0.481 e. The Labute approximate surface area is 87.9 Å². The van der Waals surface area contributed by atoms with Gasteiger partial charge in [-0.05, 0) is 21.1 Å². The van der Waals surface area contributed by atoms with Gasteiger partial charge < -0.3 is 15.5 Å². The van der Waals surface area contributed by atoms with E-state index in [1.165, 1.54) is 21.1 Å². The molecule has 0 aliphatic rings. The molecule has 5 N–H and O–H groups in total. The Kier molecular flexibility index (Phi) is 5.20. The number of carboxylic acid groups (broad SMARTS) is 2. The summed E-state index contributed by atoms with van der Waals surface area (Å²) in [6.07, 6.45) is -0.301. The van der Waals surface area contributed by atoms with Gasteiger partial charge in [-0.3, -0.25) is 15.4 Å². The molecule has 0 aliphatic carbocycles. The van der Waals surface area contributed by atoms with Gasteiger partial charge in [-0.1, -0.05) is 0 Å². The molecule has 0 heterocycles. The van der Waals surface area contributed by atoms with Gasteiger partial charge in [-0.2, -0.15) is 0 Å². The van der Waals surface area contributed by atoms with E-state index < -0.39 is 23.6 Å². The predicted octanol–water partition coefficient (Wildman–Crippen LogP) is -1.73. The highest BCUT2D eigenvalue weighted by molar-refractivity contribution is 5.81. The van der Waals surface area contributed by atoms with Crippen LogP contribution in [-0.2, 0) is 9.59 Å². The van der Waals surface area contributed by atoms with Crippen molar-refractivity contribution in [2.75, 3.05) is 21.1 Å². The van der Waals surface area contributed by atoms with Crippen LogP contribution >= 0.6 is 0 Å². The molecule has 0 amide bonds. The summed E-state index contributed by atoms with van der Waals surface area (Å²) in [5, 5.41) is 25.6. The third-order valence-corrected chi connectivity index (χ3v) is 2.38. The van der Waals surface area contributed by atoms with Crippen LogP contribution in [0.4, 0.5) is 0 Å². The van der Waals surface area contributed by atoms with E-state index in [9.17, 15) is 9.59 Å². The quantitative estimate of drug-likeness (QED) is 0.323. The lowest BCUT2D eigenvalue weighted by atomic mass is 9.97. The molecule has 7 nitrogen and oxygen atoms in total. The van der Waals surface area contributed by atoms with E-state index in [1.54, 1.807) is 0 Å². The van der Waals surface area contributed by atoms with Gasteiger partial charge in [0.15, 0.2) is 5.66 Å². The summed E-state index contributed by atoms with van der Waals surface area (Å²) in [6.45, 7) is 0. The molecule has 0 bridgehead atoms. The monoisotopic (exact) mass is 219 g/mol. The maximum Gasteiger partial charge on any atom is 0.340 e. The van der Waals surface area contributed by atoms with Gasteiger partial charge in [0.1, 0.15) is 0 Å². The molecule has 15 heavy (non-hydrogen) atoms. The van der Waals surface area contributed by atoms with Gasteiger partial charge in [0.25, 0.3) is 0 Å². The third kappa shape index (κ3) is 2.88. The highest BCUT2D eigenvalue weighted by Gasteiger charge is 2.43. The zero-order valence-corrected chi connectivity index (χ0v) is 9.00. The van der Waals surface area contributed by atoms with Crippen LogP contribution in [0.2, 0.25) is 0 Å². The van der Waals surface area contributed by atoms with Crippen LogP contribution in [0.1, 0.15) is 6.42 Å². The number of aliphatic carboxylic acids is 2. The molecule has 88 valence electrons. The van der Waals surface area contributed by atoms with Gasteiger partial charge >= 0.3 is 11.9 Å². The number of hydrogen-bond donors (Lipinski definition) is 5. The summed E-state index contributed by atoms with van der Waals surface area (Å²) >= 11 is 0. The minimum absolute atomic E-state index is 0.301. The van der Waals surface area contributed by atoms with Crippen molar-refractivity contribution in [1.29, 1.82) is 0 Å². The topological polar surface area (TPSA) is 111 Å². The Morgan fingerprint density at radius 1 is 1.20 bits per heavy atom. The van der Waals surface area contributed by atoms with Crippen molar-refractivity contribution in [3.63, 3.8) is 0 Å². The lowest BCUT2D eigenvalue weighted by Crippen LogP contribution is -2.70. The normalized spacial score (nSPS) is 13.5. The Hall–Kier alpha value is -1.18. The molecule has 0 radical (unpaired) electrons. The van der Waals surface area contributed by atoms with Gasteiger partial charge in [0.05, 0.1) is 12.5 Å². The Bertz CT molecular complexity index is 240. The van der Waals surface area contributed by atoms with E-state index in [2.05, 4.69) is 16.0 Å². The molecule has 1 atom stereocenters. The van der Waals surface area contributed by atoms with Crippen LogP contribution in [-0.4, -0.2) is 55.0 Å². The molecule has 0 rings (SSSR count). The molecule has 1 unspecified atom stereocenters. The van der Waals surface area contributed by atoms with E-state index in [4.69, 9.17) is 10.2 Å². The summed E-state index contributed by atoms with van der Waals surface area (Å²) in [7, 11) is 4.42. The van der Waals surface area contributed by atoms with Crippen molar-refractivity contribution in [1.82, 2.24) is 16.0 Å². The number of hydrogen-bond acceptors (Lipinski definition) is 5. The number of carbonyl (C=O) groups is 2. The molecule has 0 spiro atoms. The lowest BCUT2D eigenvalue weighted by Gasteiger charge is -2.35. The number of rotatable bonds is 7. The van der Waals surface area contributed by atoms with Crippen molar-refractivity contribution in [2.24, 2.45) is 0 Å². The van der Waals surface area contributed by atoms with Crippen molar-refractivity contribution in [3.05, 3.63) is 0 Å². The molecule has 0 saturated carbocycles. The fraction of sp³-hybridized carbons (Fsp3) is 0.750. The Morgan fingerprint density at radius 3 is 1.87 bits per heavy atom. The number of carboxylic acids is 2. The smallest absolute Gasteiger partial charge is 0.340 e.